The Morgan fingerprint density at radius 3 is 2.59 bits per heavy atom. The van der Waals surface area contributed by atoms with Crippen LogP contribution in [0.2, 0.25) is 0 Å². The molecule has 0 fully saturated rings. The van der Waals surface area contributed by atoms with Crippen molar-refractivity contribution in [1.82, 2.24) is 14.8 Å². The molecule has 4 N–H and O–H groups in total. The number of fused-ring (bicyclic) bond motifs is 1. The Hall–Kier alpha value is -3.61. The first-order valence-electron chi connectivity index (χ1n) is 8.54. The highest BCUT2D eigenvalue weighted by Crippen LogP contribution is 2.36. The summed E-state index contributed by atoms with van der Waals surface area (Å²) < 4.78 is 1.64. The third-order valence-electron chi connectivity index (χ3n) is 4.61. The molecule has 2 heterocycles. The average molecular weight is 361 g/mol. The van der Waals surface area contributed by atoms with Crippen molar-refractivity contribution in [3.05, 3.63) is 70.9 Å². The van der Waals surface area contributed by atoms with Crippen molar-refractivity contribution in [3.63, 3.8) is 0 Å². The molecular formula is C20H19N5O2. The standard InChI is InChI=1S/C20H19N5O2/c1-11-6-8-13(9-7-11)19-23-20-22-12(2)16(18(21)27)17(25(20)24-19)14-4-3-5-15(26)10-14/h3-10,17,26H,1-2H3,(H2,21,27)(H,22,23,24). The predicted octanol–water partition coefficient (Wildman–Crippen LogP) is 2.73. The maximum absolute atomic E-state index is 12.2. The number of aromatic nitrogens is 3. The number of primary amides is 1. The number of hydrogen-bond acceptors (Lipinski definition) is 5. The molecule has 0 saturated heterocycles. The highest BCUT2D eigenvalue weighted by atomic mass is 16.3. The minimum absolute atomic E-state index is 0.105. The Bertz CT molecular complexity index is 1070. The van der Waals surface area contributed by atoms with Gasteiger partial charge in [0.05, 0.1) is 5.57 Å². The van der Waals surface area contributed by atoms with Crippen molar-refractivity contribution in [1.29, 1.82) is 0 Å². The van der Waals surface area contributed by atoms with Crippen LogP contribution in [0.4, 0.5) is 5.95 Å². The van der Waals surface area contributed by atoms with Gasteiger partial charge in [0.25, 0.3) is 0 Å². The first-order valence-corrected chi connectivity index (χ1v) is 8.54. The molecule has 1 unspecified atom stereocenters. The lowest BCUT2D eigenvalue weighted by Crippen LogP contribution is -2.31. The van der Waals surface area contributed by atoms with Gasteiger partial charge in [-0.3, -0.25) is 4.79 Å². The average Bonchev–Trinajstić information content (AvgIpc) is 3.04. The number of carbonyl (C=O) groups excluding carboxylic acids is 1. The number of nitrogens with one attached hydrogen (secondary N) is 1. The normalized spacial score (nSPS) is 16.0. The van der Waals surface area contributed by atoms with Crippen molar-refractivity contribution in [2.45, 2.75) is 19.9 Å². The molecule has 7 heteroatoms. The van der Waals surface area contributed by atoms with Gasteiger partial charge in [0.1, 0.15) is 11.8 Å². The minimum atomic E-state index is -0.572. The molecule has 0 bridgehead atoms. The summed E-state index contributed by atoms with van der Waals surface area (Å²) in [6.45, 7) is 3.79. The Morgan fingerprint density at radius 2 is 1.93 bits per heavy atom. The smallest absolute Gasteiger partial charge is 0.248 e. The lowest BCUT2D eigenvalue weighted by molar-refractivity contribution is -0.115. The van der Waals surface area contributed by atoms with Crippen molar-refractivity contribution in [3.8, 4) is 17.1 Å². The Morgan fingerprint density at radius 1 is 1.19 bits per heavy atom. The van der Waals surface area contributed by atoms with Gasteiger partial charge in [-0.1, -0.05) is 42.0 Å². The first kappa shape index (κ1) is 16.8. The largest absolute Gasteiger partial charge is 0.508 e. The number of allylic oxidation sites excluding steroid dienone is 1. The molecule has 0 spiro atoms. The summed E-state index contributed by atoms with van der Waals surface area (Å²) in [6.07, 6.45) is 0. The van der Waals surface area contributed by atoms with Gasteiger partial charge in [-0.2, -0.15) is 4.98 Å². The van der Waals surface area contributed by atoms with Crippen LogP contribution in [0.25, 0.3) is 11.4 Å². The number of anilines is 1. The number of amides is 1. The number of phenolic OH excluding ortho intramolecular Hbond substituents is 1. The van der Waals surface area contributed by atoms with Gasteiger partial charge in [0.15, 0.2) is 5.82 Å². The third kappa shape index (κ3) is 2.93. The summed E-state index contributed by atoms with van der Waals surface area (Å²) in [7, 11) is 0. The zero-order valence-electron chi connectivity index (χ0n) is 15.0. The number of carbonyl (C=O) groups is 1. The Balaban J connectivity index is 1.88. The van der Waals surface area contributed by atoms with Gasteiger partial charge >= 0.3 is 0 Å². The third-order valence-corrected chi connectivity index (χ3v) is 4.61. The van der Waals surface area contributed by atoms with Crippen LogP contribution < -0.4 is 11.1 Å². The fourth-order valence-corrected chi connectivity index (χ4v) is 3.30. The van der Waals surface area contributed by atoms with Crippen LogP contribution in [0.3, 0.4) is 0 Å². The van der Waals surface area contributed by atoms with E-state index in [1.165, 1.54) is 0 Å². The maximum atomic E-state index is 12.2. The molecule has 27 heavy (non-hydrogen) atoms. The van der Waals surface area contributed by atoms with Gasteiger partial charge in [-0.25, -0.2) is 4.68 Å². The van der Waals surface area contributed by atoms with Crippen LogP contribution in [0.1, 0.15) is 24.1 Å². The van der Waals surface area contributed by atoms with E-state index in [0.717, 1.165) is 11.1 Å². The molecule has 0 saturated carbocycles. The highest BCUT2D eigenvalue weighted by Gasteiger charge is 2.33. The lowest BCUT2D eigenvalue weighted by Gasteiger charge is -2.27. The van der Waals surface area contributed by atoms with E-state index >= 15 is 0 Å². The molecule has 136 valence electrons. The Labute approximate surface area is 156 Å². The molecule has 1 aliphatic heterocycles. The van der Waals surface area contributed by atoms with Crippen LogP contribution in [0, 0.1) is 6.92 Å². The number of phenols is 1. The number of benzene rings is 2. The minimum Gasteiger partial charge on any atom is -0.508 e. The molecule has 1 amide bonds. The van der Waals surface area contributed by atoms with Crippen molar-refractivity contribution in [2.24, 2.45) is 5.73 Å². The number of aromatic hydroxyl groups is 1. The zero-order chi connectivity index (χ0) is 19.1. The summed E-state index contributed by atoms with van der Waals surface area (Å²) in [6, 6.07) is 14.0. The predicted molar refractivity (Wildman–Crippen MR) is 102 cm³/mol. The zero-order valence-corrected chi connectivity index (χ0v) is 15.0. The number of nitrogens with two attached hydrogens (primary N) is 1. The molecule has 1 atom stereocenters. The summed E-state index contributed by atoms with van der Waals surface area (Å²) in [5.41, 5.74) is 9.37. The second-order valence-corrected chi connectivity index (χ2v) is 6.60. The molecule has 7 nitrogen and oxygen atoms in total. The highest BCUT2D eigenvalue weighted by molar-refractivity contribution is 5.95. The van der Waals surface area contributed by atoms with Crippen molar-refractivity contribution >= 4 is 11.9 Å². The van der Waals surface area contributed by atoms with E-state index in [1.54, 1.807) is 29.8 Å². The fraction of sp³-hybridized carbons (Fsp3) is 0.150. The summed E-state index contributed by atoms with van der Waals surface area (Å²) in [4.78, 5) is 16.7. The van der Waals surface area contributed by atoms with Gasteiger partial charge in [0.2, 0.25) is 11.9 Å². The van der Waals surface area contributed by atoms with Gasteiger partial charge in [0, 0.05) is 11.3 Å². The Kier molecular flexibility index (Phi) is 3.92. The summed E-state index contributed by atoms with van der Waals surface area (Å²) >= 11 is 0. The van der Waals surface area contributed by atoms with E-state index in [1.807, 2.05) is 37.3 Å². The molecule has 0 aliphatic carbocycles. The van der Waals surface area contributed by atoms with Gasteiger partial charge in [-0.05, 0) is 31.5 Å². The topological polar surface area (TPSA) is 106 Å². The molecule has 0 radical (unpaired) electrons. The molecule has 3 aromatic rings. The molecular weight excluding hydrogens is 342 g/mol. The molecule has 2 aromatic carbocycles. The van der Waals surface area contributed by atoms with E-state index in [0.29, 0.717) is 28.6 Å². The maximum Gasteiger partial charge on any atom is 0.248 e. The monoisotopic (exact) mass is 361 g/mol. The van der Waals surface area contributed by atoms with Crippen LogP contribution in [0.15, 0.2) is 59.8 Å². The summed E-state index contributed by atoms with van der Waals surface area (Å²) in [5, 5.41) is 17.6. The first-order chi connectivity index (χ1) is 12.9. The quantitative estimate of drug-likeness (QED) is 0.665. The number of rotatable bonds is 3. The van der Waals surface area contributed by atoms with Crippen molar-refractivity contribution < 1.29 is 9.90 Å². The second-order valence-electron chi connectivity index (χ2n) is 6.60. The van der Waals surface area contributed by atoms with E-state index in [9.17, 15) is 9.90 Å². The number of aryl methyl sites for hydroxylation is 1. The van der Waals surface area contributed by atoms with Crippen LogP contribution in [-0.2, 0) is 4.79 Å². The number of nitrogens with zero attached hydrogens (tertiary/aromatic N) is 3. The molecule has 1 aliphatic rings. The number of hydrogen-bond donors (Lipinski definition) is 3. The molecule has 4 rings (SSSR count). The van der Waals surface area contributed by atoms with E-state index < -0.39 is 11.9 Å². The summed E-state index contributed by atoms with van der Waals surface area (Å²) in [5.74, 6) is 0.613. The van der Waals surface area contributed by atoms with Crippen LogP contribution >= 0.6 is 0 Å². The molecule has 1 aromatic heterocycles. The van der Waals surface area contributed by atoms with E-state index in [2.05, 4.69) is 15.4 Å². The lowest BCUT2D eigenvalue weighted by atomic mass is 9.95. The van der Waals surface area contributed by atoms with Gasteiger partial charge < -0.3 is 16.2 Å². The van der Waals surface area contributed by atoms with Crippen LogP contribution in [0.5, 0.6) is 5.75 Å². The van der Waals surface area contributed by atoms with E-state index in [-0.39, 0.29) is 5.75 Å². The van der Waals surface area contributed by atoms with Crippen LogP contribution in [-0.4, -0.2) is 25.8 Å². The SMILES string of the molecule is CC1=C(C(N)=O)C(c2cccc(O)c2)n2nc(-c3ccc(C)cc3)nc2N1. The fourth-order valence-electron chi connectivity index (χ4n) is 3.30. The van der Waals surface area contributed by atoms with E-state index in [4.69, 9.17) is 5.73 Å². The van der Waals surface area contributed by atoms with Gasteiger partial charge in [-0.15, -0.1) is 5.10 Å². The second kappa shape index (κ2) is 6.28. The van der Waals surface area contributed by atoms with Crippen molar-refractivity contribution in [2.75, 3.05) is 5.32 Å².